The highest BCUT2D eigenvalue weighted by Gasteiger charge is 2.22. The predicted octanol–water partition coefficient (Wildman–Crippen LogP) is 0.721. The minimum atomic E-state index is -0.112. The van der Waals surface area contributed by atoms with Crippen molar-refractivity contribution in [1.29, 1.82) is 0 Å². The van der Waals surface area contributed by atoms with Crippen molar-refractivity contribution in [3.63, 3.8) is 0 Å². The van der Waals surface area contributed by atoms with Crippen LogP contribution < -0.4 is 10.2 Å². The highest BCUT2D eigenvalue weighted by Crippen LogP contribution is 2.19. The zero-order valence-electron chi connectivity index (χ0n) is 12.1. The van der Waals surface area contributed by atoms with Crippen molar-refractivity contribution in [2.24, 2.45) is 0 Å². The Kier molecular flexibility index (Phi) is 4.13. The molecule has 3 heterocycles. The molecular weight excluding hydrogens is 282 g/mol. The van der Waals surface area contributed by atoms with Crippen molar-refractivity contribution in [2.45, 2.75) is 25.9 Å². The van der Waals surface area contributed by atoms with Crippen molar-refractivity contribution in [3.8, 4) is 0 Å². The van der Waals surface area contributed by atoms with Crippen LogP contribution in [0, 0.1) is 0 Å². The van der Waals surface area contributed by atoms with Gasteiger partial charge in [-0.1, -0.05) is 0 Å². The molecule has 2 aromatic rings. The molecular formula is C15H17N5O2. The first kappa shape index (κ1) is 14.2. The second-order valence-corrected chi connectivity index (χ2v) is 5.15. The molecule has 114 valence electrons. The molecule has 22 heavy (non-hydrogen) atoms. The Labute approximate surface area is 127 Å². The first-order valence-electron chi connectivity index (χ1n) is 7.22. The van der Waals surface area contributed by atoms with Gasteiger partial charge in [-0.05, 0) is 30.2 Å². The second kappa shape index (κ2) is 6.38. The number of hydrogen-bond acceptors (Lipinski definition) is 4. The Morgan fingerprint density at radius 2 is 2.27 bits per heavy atom. The highest BCUT2D eigenvalue weighted by molar-refractivity contribution is 5.94. The molecule has 0 saturated carbocycles. The number of carbonyl (C=O) groups excluding carboxylic acids is 2. The number of carbonyl (C=O) groups is 2. The normalized spacial score (nSPS) is 14.4. The number of anilines is 1. The van der Waals surface area contributed by atoms with Gasteiger partial charge in [-0.15, -0.1) is 0 Å². The summed E-state index contributed by atoms with van der Waals surface area (Å²) in [6.07, 6.45) is 6.48. The third-order valence-corrected chi connectivity index (χ3v) is 3.51. The molecule has 7 heteroatoms. The van der Waals surface area contributed by atoms with E-state index in [4.69, 9.17) is 0 Å². The smallest absolute Gasteiger partial charge is 0.241 e. The highest BCUT2D eigenvalue weighted by atomic mass is 16.2. The maximum atomic E-state index is 11.8. The first-order valence-corrected chi connectivity index (χ1v) is 7.22. The van der Waals surface area contributed by atoms with Gasteiger partial charge < -0.3 is 5.32 Å². The summed E-state index contributed by atoms with van der Waals surface area (Å²) in [4.78, 5) is 29.5. The molecule has 1 fully saturated rings. The van der Waals surface area contributed by atoms with E-state index in [2.05, 4.69) is 15.4 Å². The molecule has 3 rings (SSSR count). The standard InChI is InChI=1S/C15H17N5O2/c21-14(11-19-7-2-5-18-19)17-10-12-4-6-16-13(9-12)20-8-1-3-15(20)22/h2,4-7,9H,1,3,8,10-11H2,(H,17,21). The van der Waals surface area contributed by atoms with Crippen LogP contribution in [0.2, 0.25) is 0 Å². The van der Waals surface area contributed by atoms with Crippen molar-refractivity contribution in [3.05, 3.63) is 42.4 Å². The number of nitrogens with one attached hydrogen (secondary N) is 1. The summed E-state index contributed by atoms with van der Waals surface area (Å²) in [5, 5.41) is 6.82. The van der Waals surface area contributed by atoms with E-state index in [1.165, 1.54) is 0 Å². The maximum absolute atomic E-state index is 11.8. The predicted molar refractivity (Wildman–Crippen MR) is 79.9 cm³/mol. The van der Waals surface area contributed by atoms with E-state index in [0.29, 0.717) is 25.3 Å². The molecule has 0 bridgehead atoms. The monoisotopic (exact) mass is 299 g/mol. The van der Waals surface area contributed by atoms with Gasteiger partial charge in [-0.25, -0.2) is 4.98 Å². The summed E-state index contributed by atoms with van der Waals surface area (Å²) in [5.41, 5.74) is 0.915. The van der Waals surface area contributed by atoms with Gasteiger partial charge in [0.1, 0.15) is 12.4 Å². The minimum Gasteiger partial charge on any atom is -0.350 e. The molecule has 0 atom stereocenters. The molecule has 0 aromatic carbocycles. The van der Waals surface area contributed by atoms with Crippen LogP contribution in [0.1, 0.15) is 18.4 Å². The third-order valence-electron chi connectivity index (χ3n) is 3.51. The SMILES string of the molecule is O=C(Cn1cccn1)NCc1ccnc(N2CCCC2=O)c1. The average molecular weight is 299 g/mol. The third kappa shape index (κ3) is 3.30. The van der Waals surface area contributed by atoms with Crippen molar-refractivity contribution in [2.75, 3.05) is 11.4 Å². The largest absolute Gasteiger partial charge is 0.350 e. The number of nitrogens with zero attached hydrogens (tertiary/aromatic N) is 4. The lowest BCUT2D eigenvalue weighted by Crippen LogP contribution is -2.28. The molecule has 7 nitrogen and oxygen atoms in total. The van der Waals surface area contributed by atoms with Gasteiger partial charge >= 0.3 is 0 Å². The number of hydrogen-bond donors (Lipinski definition) is 1. The van der Waals surface area contributed by atoms with E-state index in [1.54, 1.807) is 34.2 Å². The van der Waals surface area contributed by atoms with Crippen LogP contribution in [0.15, 0.2) is 36.8 Å². The zero-order valence-corrected chi connectivity index (χ0v) is 12.1. The van der Waals surface area contributed by atoms with Gasteiger partial charge in [0.2, 0.25) is 11.8 Å². The van der Waals surface area contributed by atoms with Gasteiger partial charge in [-0.3, -0.25) is 19.2 Å². The van der Waals surface area contributed by atoms with Crippen molar-refractivity contribution < 1.29 is 9.59 Å². The Morgan fingerprint density at radius 1 is 1.36 bits per heavy atom. The van der Waals surface area contributed by atoms with Crippen LogP contribution in [0.3, 0.4) is 0 Å². The van der Waals surface area contributed by atoms with E-state index in [0.717, 1.165) is 12.0 Å². The van der Waals surface area contributed by atoms with Crippen LogP contribution in [-0.4, -0.2) is 33.1 Å². The van der Waals surface area contributed by atoms with Crippen LogP contribution >= 0.6 is 0 Å². The molecule has 1 saturated heterocycles. The molecule has 2 aromatic heterocycles. The molecule has 0 unspecified atom stereocenters. The second-order valence-electron chi connectivity index (χ2n) is 5.15. The fraction of sp³-hybridized carbons (Fsp3) is 0.333. The summed E-state index contributed by atoms with van der Waals surface area (Å²) in [5.74, 6) is 0.646. The van der Waals surface area contributed by atoms with E-state index in [1.807, 2.05) is 12.1 Å². The van der Waals surface area contributed by atoms with Gasteiger partial charge in [-0.2, -0.15) is 5.10 Å². The van der Waals surface area contributed by atoms with Crippen LogP contribution in [0.4, 0.5) is 5.82 Å². The quantitative estimate of drug-likeness (QED) is 0.882. The number of amides is 2. The average Bonchev–Trinajstić information content (AvgIpc) is 3.17. The first-order chi connectivity index (χ1) is 10.7. The Morgan fingerprint density at radius 3 is 3.00 bits per heavy atom. The maximum Gasteiger partial charge on any atom is 0.241 e. The Bertz CT molecular complexity index is 668. The van der Waals surface area contributed by atoms with Gasteiger partial charge in [0.15, 0.2) is 0 Å². The van der Waals surface area contributed by atoms with Crippen molar-refractivity contribution in [1.82, 2.24) is 20.1 Å². The lowest BCUT2D eigenvalue weighted by molar-refractivity contribution is -0.122. The van der Waals surface area contributed by atoms with Gasteiger partial charge in [0.25, 0.3) is 0 Å². The lowest BCUT2D eigenvalue weighted by atomic mass is 10.2. The number of aromatic nitrogens is 3. The molecule has 0 spiro atoms. The van der Waals surface area contributed by atoms with E-state index in [-0.39, 0.29) is 18.4 Å². The molecule has 1 aliphatic heterocycles. The fourth-order valence-electron chi connectivity index (χ4n) is 2.41. The van der Waals surface area contributed by atoms with Crippen molar-refractivity contribution >= 4 is 17.6 Å². The zero-order chi connectivity index (χ0) is 15.4. The number of rotatable bonds is 5. The Balaban J connectivity index is 1.58. The minimum absolute atomic E-state index is 0.104. The van der Waals surface area contributed by atoms with E-state index < -0.39 is 0 Å². The molecule has 0 radical (unpaired) electrons. The van der Waals surface area contributed by atoms with Crippen LogP contribution in [0.25, 0.3) is 0 Å². The summed E-state index contributed by atoms with van der Waals surface area (Å²) in [7, 11) is 0. The summed E-state index contributed by atoms with van der Waals surface area (Å²) in [6.45, 7) is 1.30. The number of pyridine rings is 1. The molecule has 0 aliphatic carbocycles. The molecule has 2 amide bonds. The van der Waals surface area contributed by atoms with E-state index in [9.17, 15) is 9.59 Å². The van der Waals surface area contributed by atoms with Gasteiger partial charge in [0, 0.05) is 38.1 Å². The summed E-state index contributed by atoms with van der Waals surface area (Å²) in [6, 6.07) is 5.45. The van der Waals surface area contributed by atoms with E-state index >= 15 is 0 Å². The topological polar surface area (TPSA) is 80.1 Å². The van der Waals surface area contributed by atoms with Crippen LogP contribution in [-0.2, 0) is 22.7 Å². The summed E-state index contributed by atoms with van der Waals surface area (Å²) < 4.78 is 1.57. The fourth-order valence-corrected chi connectivity index (χ4v) is 2.41. The van der Waals surface area contributed by atoms with Gasteiger partial charge in [0.05, 0.1) is 0 Å². The Hall–Kier alpha value is -2.70. The molecule has 1 aliphatic rings. The molecule has 1 N–H and O–H groups in total. The van der Waals surface area contributed by atoms with Crippen LogP contribution in [0.5, 0.6) is 0 Å². The lowest BCUT2D eigenvalue weighted by Gasteiger charge is -2.15. The summed E-state index contributed by atoms with van der Waals surface area (Å²) >= 11 is 0.